The van der Waals surface area contributed by atoms with E-state index in [0.717, 1.165) is 11.3 Å². The first-order chi connectivity index (χ1) is 15.9. The molecular weight excluding hydrogens is 463 g/mol. The highest BCUT2D eigenvalue weighted by atomic mass is 19.4. The molecule has 1 aliphatic rings. The van der Waals surface area contributed by atoms with Crippen LogP contribution in [0.1, 0.15) is 58.9 Å². The minimum Gasteiger partial charge on any atom is -0.370 e. The zero-order chi connectivity index (χ0) is 24.7. The summed E-state index contributed by atoms with van der Waals surface area (Å²) in [5, 5.41) is 0. The molecule has 0 N–H and O–H groups in total. The lowest BCUT2D eigenvalue weighted by Gasteiger charge is -2.35. The molecule has 0 bridgehead atoms. The van der Waals surface area contributed by atoms with Crippen LogP contribution in [0.25, 0.3) is 0 Å². The number of halogens is 7. The lowest BCUT2D eigenvalue weighted by Crippen LogP contribution is -2.30. The Labute approximate surface area is 191 Å². The van der Waals surface area contributed by atoms with Gasteiger partial charge in [0, 0.05) is 17.8 Å². The molecule has 3 aromatic rings. The van der Waals surface area contributed by atoms with Crippen molar-refractivity contribution in [3.8, 4) is 0 Å². The molecule has 0 aliphatic heterocycles. The molecule has 1 aromatic heterocycles. The summed E-state index contributed by atoms with van der Waals surface area (Å²) in [6.07, 6.45) is -8.89. The molecule has 0 fully saturated rings. The molecule has 0 radical (unpaired) electrons. The topological polar surface area (TPSA) is 22.1 Å². The third kappa shape index (κ3) is 5.09. The molecular formula is C25H20F7NO. The summed E-state index contributed by atoms with van der Waals surface area (Å²) in [7, 11) is 0. The Morgan fingerprint density at radius 3 is 2.12 bits per heavy atom. The van der Waals surface area contributed by atoms with Crippen LogP contribution in [0.2, 0.25) is 0 Å². The van der Waals surface area contributed by atoms with Crippen molar-refractivity contribution < 1.29 is 35.5 Å². The molecule has 2 nitrogen and oxygen atoms in total. The largest absolute Gasteiger partial charge is 0.416 e. The van der Waals surface area contributed by atoms with Gasteiger partial charge in [-0.2, -0.15) is 26.3 Å². The summed E-state index contributed by atoms with van der Waals surface area (Å²) in [5.41, 5.74) is -0.632. The standard InChI is InChI=1S/C25H20F7NO/c1-14(16-11-17(24(27,28)29)13-18(12-16)25(30,31)32)34-22-9-8-21-20(3-2-10-33-21)23(22)15-4-6-19(26)7-5-15/h2-7,10-14,22-23H,8-9H2,1H3/t14?,22-,23-/m0/s1. The Bertz CT molecular complexity index is 1120. The van der Waals surface area contributed by atoms with E-state index in [-0.39, 0.29) is 11.6 Å². The maximum Gasteiger partial charge on any atom is 0.416 e. The first-order valence-corrected chi connectivity index (χ1v) is 10.6. The zero-order valence-corrected chi connectivity index (χ0v) is 17.9. The average molecular weight is 483 g/mol. The van der Waals surface area contributed by atoms with E-state index in [2.05, 4.69) is 4.98 Å². The van der Waals surface area contributed by atoms with Gasteiger partial charge in [0.15, 0.2) is 0 Å². The second-order valence-corrected chi connectivity index (χ2v) is 8.26. The second kappa shape index (κ2) is 9.02. The number of fused-ring (bicyclic) bond motifs is 1. The normalized spacial score (nSPS) is 19.5. The number of hydrogen-bond acceptors (Lipinski definition) is 2. The smallest absolute Gasteiger partial charge is 0.370 e. The van der Waals surface area contributed by atoms with Crippen molar-refractivity contribution in [2.24, 2.45) is 0 Å². The van der Waals surface area contributed by atoms with E-state index >= 15 is 0 Å². The lowest BCUT2D eigenvalue weighted by atomic mass is 9.78. The molecule has 4 rings (SSSR count). The van der Waals surface area contributed by atoms with Crippen LogP contribution in [0.5, 0.6) is 0 Å². The van der Waals surface area contributed by atoms with Gasteiger partial charge in [-0.1, -0.05) is 18.2 Å². The monoisotopic (exact) mass is 483 g/mol. The number of pyridine rings is 1. The van der Waals surface area contributed by atoms with Gasteiger partial charge >= 0.3 is 12.4 Å². The van der Waals surface area contributed by atoms with Gasteiger partial charge in [-0.25, -0.2) is 4.39 Å². The zero-order valence-electron chi connectivity index (χ0n) is 17.9. The van der Waals surface area contributed by atoms with Crippen LogP contribution < -0.4 is 0 Å². The average Bonchev–Trinajstić information content (AvgIpc) is 2.78. The number of alkyl halides is 6. The molecule has 2 aromatic carbocycles. The van der Waals surface area contributed by atoms with Crippen LogP contribution in [0.4, 0.5) is 30.7 Å². The van der Waals surface area contributed by atoms with Gasteiger partial charge in [0.05, 0.1) is 23.3 Å². The number of aryl methyl sites for hydroxylation is 1. The van der Waals surface area contributed by atoms with Crippen molar-refractivity contribution in [3.63, 3.8) is 0 Å². The molecule has 9 heteroatoms. The molecule has 0 saturated heterocycles. The van der Waals surface area contributed by atoms with Gasteiger partial charge in [0.25, 0.3) is 0 Å². The van der Waals surface area contributed by atoms with E-state index in [4.69, 9.17) is 4.74 Å². The Morgan fingerprint density at radius 1 is 0.912 bits per heavy atom. The molecule has 1 heterocycles. The first-order valence-electron chi connectivity index (χ1n) is 10.6. The molecule has 1 aliphatic carbocycles. The predicted octanol–water partition coefficient (Wildman–Crippen LogP) is 7.48. The fourth-order valence-electron chi connectivity index (χ4n) is 4.35. The third-order valence-electron chi connectivity index (χ3n) is 5.99. The summed E-state index contributed by atoms with van der Waals surface area (Å²) in [4.78, 5) is 4.38. The van der Waals surface area contributed by atoms with Crippen LogP contribution >= 0.6 is 0 Å². The molecule has 0 saturated carbocycles. The van der Waals surface area contributed by atoms with Gasteiger partial charge in [-0.15, -0.1) is 0 Å². The molecule has 0 amide bonds. The van der Waals surface area contributed by atoms with Crippen LogP contribution in [-0.4, -0.2) is 11.1 Å². The first kappa shape index (κ1) is 24.2. The van der Waals surface area contributed by atoms with E-state index in [1.165, 1.54) is 19.1 Å². The molecule has 0 spiro atoms. The van der Waals surface area contributed by atoms with Crippen molar-refractivity contribution in [3.05, 3.63) is 100 Å². The Balaban J connectivity index is 1.70. The van der Waals surface area contributed by atoms with Crippen LogP contribution in [-0.2, 0) is 23.5 Å². The summed E-state index contributed by atoms with van der Waals surface area (Å²) >= 11 is 0. The van der Waals surface area contributed by atoms with E-state index in [1.54, 1.807) is 24.4 Å². The van der Waals surface area contributed by atoms with Crippen molar-refractivity contribution in [2.45, 2.75) is 50.2 Å². The van der Waals surface area contributed by atoms with Gasteiger partial charge < -0.3 is 4.74 Å². The maximum atomic E-state index is 13.5. The van der Waals surface area contributed by atoms with Gasteiger partial charge in [-0.05, 0) is 72.9 Å². The number of rotatable bonds is 4. The second-order valence-electron chi connectivity index (χ2n) is 8.26. The summed E-state index contributed by atoms with van der Waals surface area (Å²) in [6, 6.07) is 10.8. The number of hydrogen-bond donors (Lipinski definition) is 0. The highest BCUT2D eigenvalue weighted by Crippen LogP contribution is 2.42. The third-order valence-corrected chi connectivity index (χ3v) is 5.99. The SMILES string of the molecule is CC(O[C@H]1CCc2ncccc2[C@@H]1c1ccc(F)cc1)c1cc(C(F)(F)F)cc(C(F)(F)F)c1. The minimum absolute atomic E-state index is 0.0973. The summed E-state index contributed by atoms with van der Waals surface area (Å²) in [5.74, 6) is -0.839. The Morgan fingerprint density at radius 2 is 1.53 bits per heavy atom. The van der Waals surface area contributed by atoms with Crippen molar-refractivity contribution in [2.75, 3.05) is 0 Å². The van der Waals surface area contributed by atoms with Crippen LogP contribution in [0.15, 0.2) is 60.8 Å². The molecule has 3 atom stereocenters. The minimum atomic E-state index is -4.94. The Kier molecular flexibility index (Phi) is 6.42. The summed E-state index contributed by atoms with van der Waals surface area (Å²) < 4.78 is 99.4. The van der Waals surface area contributed by atoms with E-state index in [9.17, 15) is 30.7 Å². The van der Waals surface area contributed by atoms with Gasteiger partial charge in [0.2, 0.25) is 0 Å². The number of benzene rings is 2. The molecule has 180 valence electrons. The van der Waals surface area contributed by atoms with Crippen molar-refractivity contribution >= 4 is 0 Å². The fourth-order valence-corrected chi connectivity index (χ4v) is 4.35. The van der Waals surface area contributed by atoms with Gasteiger partial charge in [0.1, 0.15) is 5.82 Å². The molecule has 34 heavy (non-hydrogen) atoms. The molecule has 1 unspecified atom stereocenters. The quantitative estimate of drug-likeness (QED) is 0.359. The maximum absolute atomic E-state index is 13.5. The van der Waals surface area contributed by atoms with E-state index in [1.807, 2.05) is 6.07 Å². The fraction of sp³-hybridized carbons (Fsp3) is 0.320. The lowest BCUT2D eigenvalue weighted by molar-refractivity contribution is -0.143. The number of ether oxygens (including phenoxy) is 1. The highest BCUT2D eigenvalue weighted by Gasteiger charge is 2.38. The number of nitrogens with zero attached hydrogens (tertiary/aromatic N) is 1. The van der Waals surface area contributed by atoms with Gasteiger partial charge in [-0.3, -0.25) is 4.98 Å². The highest BCUT2D eigenvalue weighted by molar-refractivity contribution is 5.39. The van der Waals surface area contributed by atoms with Crippen molar-refractivity contribution in [1.29, 1.82) is 0 Å². The van der Waals surface area contributed by atoms with E-state index < -0.39 is 47.4 Å². The predicted molar refractivity (Wildman–Crippen MR) is 111 cm³/mol. The van der Waals surface area contributed by atoms with Crippen LogP contribution in [0.3, 0.4) is 0 Å². The van der Waals surface area contributed by atoms with Crippen LogP contribution in [0, 0.1) is 5.82 Å². The van der Waals surface area contributed by atoms with E-state index in [0.29, 0.717) is 30.5 Å². The summed E-state index contributed by atoms with van der Waals surface area (Å²) in [6.45, 7) is 1.43. The van der Waals surface area contributed by atoms with Crippen molar-refractivity contribution in [1.82, 2.24) is 4.98 Å². The number of aromatic nitrogens is 1. The Hall–Kier alpha value is -2.94.